The molecule has 6 nitrogen and oxygen atoms in total. The van der Waals surface area contributed by atoms with Crippen LogP contribution in [-0.4, -0.2) is 42.8 Å². The van der Waals surface area contributed by atoms with E-state index in [2.05, 4.69) is 4.90 Å². The van der Waals surface area contributed by atoms with Crippen LogP contribution >= 0.6 is 0 Å². The summed E-state index contributed by atoms with van der Waals surface area (Å²) in [4.78, 5) is 28.9. The molecule has 0 atom stereocenters. The van der Waals surface area contributed by atoms with Crippen molar-refractivity contribution in [1.82, 2.24) is 4.90 Å². The number of carbonyl (C=O) groups excluding carboxylic acids is 1. The van der Waals surface area contributed by atoms with Gasteiger partial charge in [-0.3, -0.25) is 4.79 Å². The molecule has 1 amide bonds. The summed E-state index contributed by atoms with van der Waals surface area (Å²) in [6.07, 6.45) is 0.476. The Kier molecular flexibility index (Phi) is 5.13. The standard InChI is InChI=1S/C23H25FN2O4/c1-23(2,3)30-22(28)26-11-5-10-25(12-13-26)15-8-9-16-19(14-15)29-21-17(20(16)27)6-4-7-18(21)24/h4,6-9,14H,5,10-13H2,1-3H3. The van der Waals surface area contributed by atoms with E-state index in [1.165, 1.54) is 12.1 Å². The third kappa shape index (κ3) is 3.97. The highest BCUT2D eigenvalue weighted by molar-refractivity contribution is 5.91. The molecule has 1 saturated heterocycles. The molecule has 0 saturated carbocycles. The number of hydrogen-bond acceptors (Lipinski definition) is 5. The van der Waals surface area contributed by atoms with E-state index in [-0.39, 0.29) is 22.5 Å². The van der Waals surface area contributed by atoms with Crippen molar-refractivity contribution in [2.45, 2.75) is 32.8 Å². The number of carbonyl (C=O) groups is 1. The van der Waals surface area contributed by atoms with E-state index in [4.69, 9.17) is 9.15 Å². The Hall–Kier alpha value is -3.09. The number of amides is 1. The van der Waals surface area contributed by atoms with E-state index in [0.29, 0.717) is 30.6 Å². The minimum Gasteiger partial charge on any atom is -0.453 e. The summed E-state index contributed by atoms with van der Waals surface area (Å²) in [5.41, 5.74) is 0.413. The second-order valence-corrected chi connectivity index (χ2v) is 8.54. The predicted molar refractivity (Wildman–Crippen MR) is 115 cm³/mol. The van der Waals surface area contributed by atoms with Crippen molar-refractivity contribution in [3.05, 3.63) is 52.4 Å². The molecule has 2 heterocycles. The molecule has 158 valence electrons. The van der Waals surface area contributed by atoms with E-state index in [9.17, 15) is 14.0 Å². The van der Waals surface area contributed by atoms with Crippen LogP contribution in [0, 0.1) is 5.82 Å². The fourth-order valence-electron chi connectivity index (χ4n) is 3.71. The number of nitrogens with zero attached hydrogens (tertiary/aromatic N) is 2. The monoisotopic (exact) mass is 412 g/mol. The lowest BCUT2D eigenvalue weighted by atomic mass is 10.1. The molecule has 0 spiro atoms. The number of ether oxygens (including phenoxy) is 1. The Morgan fingerprint density at radius 1 is 1.07 bits per heavy atom. The lowest BCUT2D eigenvalue weighted by molar-refractivity contribution is 0.0263. The van der Waals surface area contributed by atoms with Crippen LogP contribution in [0.25, 0.3) is 21.9 Å². The van der Waals surface area contributed by atoms with Crippen molar-refractivity contribution in [3.63, 3.8) is 0 Å². The van der Waals surface area contributed by atoms with E-state index in [1.807, 2.05) is 26.8 Å². The van der Waals surface area contributed by atoms with Gasteiger partial charge in [-0.25, -0.2) is 9.18 Å². The molecule has 1 aliphatic rings. The van der Waals surface area contributed by atoms with Gasteiger partial charge >= 0.3 is 6.09 Å². The lowest BCUT2D eigenvalue weighted by Gasteiger charge is -2.27. The summed E-state index contributed by atoms with van der Waals surface area (Å²) in [5.74, 6) is -0.556. The van der Waals surface area contributed by atoms with Gasteiger partial charge in [0.15, 0.2) is 11.4 Å². The maximum atomic E-state index is 14.1. The maximum Gasteiger partial charge on any atom is 0.410 e. The molecular formula is C23H25FN2O4. The molecule has 7 heteroatoms. The zero-order valence-corrected chi connectivity index (χ0v) is 17.4. The largest absolute Gasteiger partial charge is 0.453 e. The van der Waals surface area contributed by atoms with Gasteiger partial charge in [0.05, 0.1) is 10.8 Å². The van der Waals surface area contributed by atoms with Crippen molar-refractivity contribution in [3.8, 4) is 0 Å². The Bertz CT molecular complexity index is 1170. The van der Waals surface area contributed by atoms with Crippen molar-refractivity contribution in [2.24, 2.45) is 0 Å². The van der Waals surface area contributed by atoms with Crippen LogP contribution in [0.4, 0.5) is 14.9 Å². The summed E-state index contributed by atoms with van der Waals surface area (Å²) in [5, 5.41) is 0.653. The molecule has 0 bridgehead atoms. The minimum atomic E-state index is -0.556. The normalized spacial score (nSPS) is 15.5. The van der Waals surface area contributed by atoms with Crippen molar-refractivity contribution < 1.29 is 18.3 Å². The predicted octanol–water partition coefficient (Wildman–Crippen LogP) is 4.53. The first-order valence-corrected chi connectivity index (χ1v) is 10.1. The summed E-state index contributed by atoms with van der Waals surface area (Å²) >= 11 is 0. The van der Waals surface area contributed by atoms with Crippen LogP contribution in [0.1, 0.15) is 27.2 Å². The van der Waals surface area contributed by atoms with Gasteiger partial charge in [0, 0.05) is 37.9 Å². The molecule has 0 aliphatic carbocycles. The molecule has 1 aliphatic heterocycles. The molecule has 4 rings (SSSR count). The van der Waals surface area contributed by atoms with Crippen LogP contribution in [0.5, 0.6) is 0 Å². The molecule has 2 aromatic carbocycles. The number of hydrogen-bond donors (Lipinski definition) is 0. The zero-order valence-electron chi connectivity index (χ0n) is 17.4. The first kappa shape index (κ1) is 20.2. The van der Waals surface area contributed by atoms with Gasteiger partial charge in [0.2, 0.25) is 5.43 Å². The molecule has 0 N–H and O–H groups in total. The van der Waals surface area contributed by atoms with Crippen LogP contribution in [0.15, 0.2) is 45.6 Å². The van der Waals surface area contributed by atoms with Crippen LogP contribution in [0.3, 0.4) is 0 Å². The smallest absolute Gasteiger partial charge is 0.410 e. The zero-order chi connectivity index (χ0) is 21.5. The number of fused-ring (bicyclic) bond motifs is 2. The number of benzene rings is 2. The minimum absolute atomic E-state index is 0.0286. The molecule has 0 radical (unpaired) electrons. The summed E-state index contributed by atoms with van der Waals surface area (Å²) < 4.78 is 25.4. The summed E-state index contributed by atoms with van der Waals surface area (Å²) in [6.45, 7) is 8.07. The number of anilines is 1. The molecule has 30 heavy (non-hydrogen) atoms. The van der Waals surface area contributed by atoms with Crippen LogP contribution < -0.4 is 10.3 Å². The number of rotatable bonds is 1. The van der Waals surface area contributed by atoms with Gasteiger partial charge < -0.3 is 19.0 Å². The quantitative estimate of drug-likeness (QED) is 0.550. The Labute approximate surface area is 173 Å². The van der Waals surface area contributed by atoms with Gasteiger partial charge in [0.25, 0.3) is 0 Å². The second kappa shape index (κ2) is 7.63. The average Bonchev–Trinajstić information content (AvgIpc) is 2.94. The van der Waals surface area contributed by atoms with Crippen molar-refractivity contribution in [1.29, 1.82) is 0 Å². The molecular weight excluding hydrogens is 387 g/mol. The lowest BCUT2D eigenvalue weighted by Crippen LogP contribution is -2.39. The first-order chi connectivity index (χ1) is 14.2. The first-order valence-electron chi connectivity index (χ1n) is 10.1. The van der Waals surface area contributed by atoms with Gasteiger partial charge in [-0.1, -0.05) is 6.07 Å². The van der Waals surface area contributed by atoms with Gasteiger partial charge in [-0.2, -0.15) is 0 Å². The highest BCUT2D eigenvalue weighted by Gasteiger charge is 2.25. The maximum absolute atomic E-state index is 14.1. The van der Waals surface area contributed by atoms with Crippen LogP contribution in [0.2, 0.25) is 0 Å². The fraction of sp³-hybridized carbons (Fsp3) is 0.391. The van der Waals surface area contributed by atoms with Crippen molar-refractivity contribution in [2.75, 3.05) is 31.1 Å². The Balaban J connectivity index is 1.60. The van der Waals surface area contributed by atoms with Gasteiger partial charge in [0.1, 0.15) is 11.2 Å². The SMILES string of the molecule is CC(C)(C)OC(=O)N1CCCN(c2ccc3c(=O)c4cccc(F)c4oc3c2)CC1. The fourth-order valence-corrected chi connectivity index (χ4v) is 3.71. The molecule has 0 unspecified atom stereocenters. The topological polar surface area (TPSA) is 63.0 Å². The third-order valence-electron chi connectivity index (χ3n) is 5.15. The van der Waals surface area contributed by atoms with E-state index in [1.54, 1.807) is 23.1 Å². The second-order valence-electron chi connectivity index (χ2n) is 8.54. The summed E-state index contributed by atoms with van der Waals surface area (Å²) in [6, 6.07) is 9.71. The number of halogens is 1. The third-order valence-corrected chi connectivity index (χ3v) is 5.15. The van der Waals surface area contributed by atoms with Gasteiger partial charge in [-0.15, -0.1) is 0 Å². The average molecular weight is 412 g/mol. The Morgan fingerprint density at radius 3 is 2.63 bits per heavy atom. The van der Waals surface area contributed by atoms with Crippen molar-refractivity contribution >= 4 is 33.7 Å². The number of para-hydroxylation sites is 1. The van der Waals surface area contributed by atoms with E-state index in [0.717, 1.165) is 18.7 Å². The van der Waals surface area contributed by atoms with Crippen LogP contribution in [-0.2, 0) is 4.74 Å². The molecule has 1 fully saturated rings. The molecule has 3 aromatic rings. The molecule has 1 aromatic heterocycles. The highest BCUT2D eigenvalue weighted by Crippen LogP contribution is 2.26. The summed E-state index contributed by atoms with van der Waals surface area (Å²) in [7, 11) is 0. The van der Waals surface area contributed by atoms with Gasteiger partial charge in [-0.05, 0) is 51.5 Å². The van der Waals surface area contributed by atoms with E-state index < -0.39 is 11.4 Å². The van der Waals surface area contributed by atoms with E-state index >= 15 is 0 Å². The highest BCUT2D eigenvalue weighted by atomic mass is 19.1. The Morgan fingerprint density at radius 2 is 1.87 bits per heavy atom.